The predicted octanol–water partition coefficient (Wildman–Crippen LogP) is 4.90. The number of anilines is 1. The number of aliphatic imine (C=N–C) groups is 1. The topological polar surface area (TPSA) is 111 Å². The van der Waals surface area contributed by atoms with Gasteiger partial charge in [0.1, 0.15) is 11.4 Å². The Balaban J connectivity index is 1.46. The molecule has 1 aromatic carbocycles. The van der Waals surface area contributed by atoms with Crippen molar-refractivity contribution < 1.29 is 18.3 Å². The molecule has 1 spiro atoms. The highest BCUT2D eigenvalue weighted by Gasteiger charge is 2.46. The molecule has 0 radical (unpaired) electrons. The van der Waals surface area contributed by atoms with Crippen LogP contribution in [0.4, 0.5) is 5.69 Å². The summed E-state index contributed by atoms with van der Waals surface area (Å²) in [5.74, 6) is 0.671. The lowest BCUT2D eigenvalue weighted by molar-refractivity contribution is -0.124. The lowest BCUT2D eigenvalue weighted by Crippen LogP contribution is -2.50. The molecule has 1 saturated heterocycles. The van der Waals surface area contributed by atoms with Crippen LogP contribution in [0.25, 0.3) is 6.08 Å². The van der Waals surface area contributed by atoms with Crippen molar-refractivity contribution in [3.05, 3.63) is 34.2 Å². The third-order valence-electron chi connectivity index (χ3n) is 7.80. The van der Waals surface area contributed by atoms with Crippen LogP contribution >= 0.6 is 0 Å². The Labute approximate surface area is 229 Å². The first kappa shape index (κ1) is 30.3. The van der Waals surface area contributed by atoms with Gasteiger partial charge in [-0.15, -0.1) is 0 Å². The average Bonchev–Trinajstić information content (AvgIpc) is 3.18. The molecule has 3 rings (SSSR count). The summed E-state index contributed by atoms with van der Waals surface area (Å²) in [5.41, 5.74) is 3.10. The number of benzene rings is 1. The quantitative estimate of drug-likeness (QED) is 0.271. The number of amides is 1. The van der Waals surface area contributed by atoms with Gasteiger partial charge in [-0.05, 0) is 74.4 Å². The largest absolute Gasteiger partial charge is 0.396 e. The van der Waals surface area contributed by atoms with Crippen molar-refractivity contribution in [1.82, 2.24) is 9.62 Å². The molecule has 212 valence electrons. The van der Waals surface area contributed by atoms with E-state index in [0.29, 0.717) is 19.4 Å². The van der Waals surface area contributed by atoms with Gasteiger partial charge >= 0.3 is 0 Å². The minimum atomic E-state index is -3.59. The number of sulfonamides is 1. The van der Waals surface area contributed by atoms with Gasteiger partial charge in [0.05, 0.1) is 0 Å². The van der Waals surface area contributed by atoms with E-state index in [4.69, 9.17) is 10.1 Å². The van der Waals surface area contributed by atoms with E-state index in [0.717, 1.165) is 60.3 Å². The number of aliphatic hydroxyl groups is 1. The number of hydrogen-bond donors (Lipinski definition) is 3. The average molecular weight is 547 g/mol. The summed E-state index contributed by atoms with van der Waals surface area (Å²) >= 11 is 0. The van der Waals surface area contributed by atoms with E-state index in [1.54, 1.807) is 6.08 Å². The second-order valence-electron chi connectivity index (χ2n) is 10.7. The second-order valence-corrected chi connectivity index (χ2v) is 12.5. The molecule has 0 saturated carbocycles. The highest BCUT2D eigenvalue weighted by molar-refractivity contribution is 7.92. The van der Waals surface area contributed by atoms with E-state index in [1.807, 2.05) is 33.0 Å². The molecule has 2 heterocycles. The first-order chi connectivity index (χ1) is 18.2. The van der Waals surface area contributed by atoms with Gasteiger partial charge in [-0.25, -0.2) is 8.42 Å². The molecule has 38 heavy (non-hydrogen) atoms. The van der Waals surface area contributed by atoms with Crippen molar-refractivity contribution in [2.24, 2.45) is 4.99 Å². The maximum Gasteiger partial charge on any atom is 0.253 e. The molecule has 1 fully saturated rings. The van der Waals surface area contributed by atoms with Crippen molar-refractivity contribution in [3.8, 4) is 0 Å². The number of amidine groups is 1. The van der Waals surface area contributed by atoms with E-state index in [1.165, 1.54) is 41.8 Å². The number of hydrogen-bond acceptors (Lipinski definition) is 6. The van der Waals surface area contributed by atoms with Gasteiger partial charge in [0.15, 0.2) is 0 Å². The number of carbonyl (C=O) groups is 1. The van der Waals surface area contributed by atoms with E-state index in [9.17, 15) is 13.2 Å². The molecular weight excluding hydrogens is 500 g/mol. The summed E-state index contributed by atoms with van der Waals surface area (Å²) in [6, 6.07) is 4.00. The van der Waals surface area contributed by atoms with Gasteiger partial charge in [-0.3, -0.25) is 9.79 Å². The normalized spacial score (nSPS) is 17.8. The monoisotopic (exact) mass is 546 g/mol. The van der Waals surface area contributed by atoms with E-state index < -0.39 is 15.6 Å². The summed E-state index contributed by atoms with van der Waals surface area (Å²) < 4.78 is 27.6. The number of piperidine rings is 1. The van der Waals surface area contributed by atoms with Crippen LogP contribution in [0.15, 0.2) is 22.5 Å². The van der Waals surface area contributed by atoms with Gasteiger partial charge < -0.3 is 15.7 Å². The van der Waals surface area contributed by atoms with Crippen LogP contribution in [0.5, 0.6) is 0 Å². The standard InChI is InChI=1S/C29H46N4O4S/c1-23-21-25(30-3)22-24(2)26(23)14-20-38(36,37)33-17-15-29(16-18-33)28(35)31-27(32-29)13-11-9-7-5-4-6-8-10-12-19-34/h14,20-22,30,34H,4-13,15-19H2,1-3H3,(H,31,32,35)/b20-14+. The molecule has 9 heteroatoms. The summed E-state index contributed by atoms with van der Waals surface area (Å²) in [7, 11) is -1.73. The number of aliphatic hydroxyl groups excluding tert-OH is 1. The lowest BCUT2D eigenvalue weighted by atomic mass is 9.89. The number of aryl methyl sites for hydroxylation is 2. The predicted molar refractivity (Wildman–Crippen MR) is 156 cm³/mol. The third-order valence-corrected chi connectivity index (χ3v) is 9.36. The van der Waals surface area contributed by atoms with Gasteiger partial charge in [0.25, 0.3) is 5.91 Å². The molecule has 1 aromatic rings. The Hall–Kier alpha value is -2.23. The molecule has 0 unspecified atom stereocenters. The van der Waals surface area contributed by atoms with Crippen LogP contribution in [-0.4, -0.2) is 61.9 Å². The zero-order chi connectivity index (χ0) is 27.6. The van der Waals surface area contributed by atoms with E-state index in [-0.39, 0.29) is 19.0 Å². The fourth-order valence-electron chi connectivity index (χ4n) is 5.42. The maximum atomic E-state index is 13.0. The van der Waals surface area contributed by atoms with Gasteiger partial charge in [-0.1, -0.05) is 44.9 Å². The third kappa shape index (κ3) is 8.13. The molecule has 1 amide bonds. The summed E-state index contributed by atoms with van der Waals surface area (Å²) in [5, 5.41) is 16.2. The molecular formula is C29H46N4O4S. The molecule has 3 N–H and O–H groups in total. The molecule has 8 nitrogen and oxygen atoms in total. The minimum Gasteiger partial charge on any atom is -0.396 e. The fraction of sp³-hybridized carbons (Fsp3) is 0.655. The van der Waals surface area contributed by atoms with Crippen LogP contribution in [0, 0.1) is 13.8 Å². The lowest BCUT2D eigenvalue weighted by Gasteiger charge is -2.34. The SMILES string of the molecule is CNc1cc(C)c(/C=C/S(=O)(=O)N2CCC3(CC2)N=C(CCCCCCCCCCCO)NC3=O)c(C)c1. The smallest absolute Gasteiger partial charge is 0.253 e. The highest BCUT2D eigenvalue weighted by atomic mass is 32.2. The molecule has 0 aromatic heterocycles. The first-order valence-corrected chi connectivity index (χ1v) is 15.7. The van der Waals surface area contributed by atoms with Gasteiger partial charge in [-0.2, -0.15) is 4.31 Å². The zero-order valence-electron chi connectivity index (χ0n) is 23.4. The summed E-state index contributed by atoms with van der Waals surface area (Å²) in [6.45, 7) is 4.81. The van der Waals surface area contributed by atoms with Crippen LogP contribution in [0.2, 0.25) is 0 Å². The molecule has 2 aliphatic rings. The van der Waals surface area contributed by atoms with Gasteiger partial charge in [0.2, 0.25) is 10.0 Å². The van der Waals surface area contributed by atoms with Crippen molar-refractivity contribution in [1.29, 1.82) is 0 Å². The van der Waals surface area contributed by atoms with Crippen molar-refractivity contribution in [2.75, 3.05) is 32.1 Å². The Morgan fingerprint density at radius 2 is 1.55 bits per heavy atom. The molecule has 0 bridgehead atoms. The summed E-state index contributed by atoms with van der Waals surface area (Å²) in [4.78, 5) is 17.6. The van der Waals surface area contributed by atoms with Crippen molar-refractivity contribution in [2.45, 2.75) is 96.4 Å². The summed E-state index contributed by atoms with van der Waals surface area (Å²) in [6.07, 6.45) is 13.5. The maximum absolute atomic E-state index is 13.0. The fourth-order valence-corrected chi connectivity index (χ4v) is 6.59. The van der Waals surface area contributed by atoms with Crippen LogP contribution < -0.4 is 10.6 Å². The number of nitrogens with zero attached hydrogens (tertiary/aromatic N) is 2. The second kappa shape index (κ2) is 14.2. The highest BCUT2D eigenvalue weighted by Crippen LogP contribution is 2.32. The number of unbranched alkanes of at least 4 members (excludes halogenated alkanes) is 8. The van der Waals surface area contributed by atoms with E-state index in [2.05, 4.69) is 10.6 Å². The van der Waals surface area contributed by atoms with Crippen molar-refractivity contribution >= 4 is 33.5 Å². The molecule has 2 aliphatic heterocycles. The van der Waals surface area contributed by atoms with E-state index >= 15 is 0 Å². The number of rotatable bonds is 15. The van der Waals surface area contributed by atoms with Gasteiger partial charge in [0, 0.05) is 44.3 Å². The minimum absolute atomic E-state index is 0.0844. The Morgan fingerprint density at radius 3 is 2.11 bits per heavy atom. The number of nitrogens with one attached hydrogen (secondary N) is 2. The zero-order valence-corrected chi connectivity index (χ0v) is 24.2. The van der Waals surface area contributed by atoms with Crippen LogP contribution in [0.3, 0.4) is 0 Å². The Kier molecular flexibility index (Phi) is 11.4. The van der Waals surface area contributed by atoms with Crippen molar-refractivity contribution in [3.63, 3.8) is 0 Å². The molecule has 0 atom stereocenters. The first-order valence-electron chi connectivity index (χ1n) is 14.2. The van der Waals surface area contributed by atoms with Crippen LogP contribution in [0.1, 0.15) is 93.7 Å². The Morgan fingerprint density at radius 1 is 1.00 bits per heavy atom. The van der Waals surface area contributed by atoms with Crippen LogP contribution in [-0.2, 0) is 14.8 Å². The molecule has 0 aliphatic carbocycles. The Bertz CT molecular complexity index is 1080. The number of carbonyl (C=O) groups excluding carboxylic acids is 1.